The van der Waals surface area contributed by atoms with Crippen LogP contribution in [0.25, 0.3) is 11.0 Å². The molecule has 0 fully saturated rings. The minimum Gasteiger partial charge on any atom is -0.394 e. The van der Waals surface area contributed by atoms with Gasteiger partial charge in [0.2, 0.25) is 5.28 Å². The second kappa shape index (κ2) is 6.26. The van der Waals surface area contributed by atoms with E-state index in [2.05, 4.69) is 4.98 Å². The number of aromatic nitrogens is 2. The van der Waals surface area contributed by atoms with Gasteiger partial charge in [-0.05, 0) is 23.7 Å². The van der Waals surface area contributed by atoms with Crippen molar-refractivity contribution >= 4 is 45.8 Å². The molecular formula is C11H11Cl3N2O3. The van der Waals surface area contributed by atoms with E-state index in [1.807, 2.05) is 0 Å². The molecule has 2 N–H and O–H groups in total. The predicted octanol–water partition coefficient (Wildman–Crippen LogP) is 2.32. The summed E-state index contributed by atoms with van der Waals surface area (Å²) in [6.45, 7) is -0.553. The van der Waals surface area contributed by atoms with Crippen LogP contribution in [0.4, 0.5) is 0 Å². The highest BCUT2D eigenvalue weighted by Crippen LogP contribution is 2.29. The number of aliphatic hydroxyl groups excluding tert-OH is 2. The Labute approximate surface area is 124 Å². The number of imidazole rings is 1. The summed E-state index contributed by atoms with van der Waals surface area (Å²) >= 11 is 18.0. The summed E-state index contributed by atoms with van der Waals surface area (Å²) in [6, 6.07) is 3.24. The lowest BCUT2D eigenvalue weighted by Crippen LogP contribution is -2.23. The van der Waals surface area contributed by atoms with Crippen molar-refractivity contribution in [2.45, 2.75) is 12.8 Å². The molecule has 1 heterocycles. The Hall–Kier alpha value is -0.560. The van der Waals surface area contributed by atoms with E-state index in [4.69, 9.17) is 49.8 Å². The summed E-state index contributed by atoms with van der Waals surface area (Å²) in [5, 5.41) is 18.9. The van der Waals surface area contributed by atoms with Crippen molar-refractivity contribution in [3.05, 3.63) is 27.5 Å². The molecule has 0 saturated heterocycles. The van der Waals surface area contributed by atoms with Crippen LogP contribution in [0.3, 0.4) is 0 Å². The lowest BCUT2D eigenvalue weighted by molar-refractivity contribution is -0.0486. The molecule has 0 spiro atoms. The Kier molecular flexibility index (Phi) is 4.89. The minimum absolute atomic E-state index is 0.0256. The fourth-order valence-corrected chi connectivity index (χ4v) is 2.34. The van der Waals surface area contributed by atoms with Gasteiger partial charge in [-0.2, -0.15) is 0 Å². The van der Waals surface area contributed by atoms with Gasteiger partial charge in [0, 0.05) is 5.02 Å². The van der Waals surface area contributed by atoms with Gasteiger partial charge in [0.25, 0.3) is 0 Å². The van der Waals surface area contributed by atoms with Gasteiger partial charge in [-0.15, -0.1) is 0 Å². The van der Waals surface area contributed by atoms with Gasteiger partial charge < -0.3 is 14.9 Å². The van der Waals surface area contributed by atoms with E-state index in [0.29, 0.717) is 21.1 Å². The van der Waals surface area contributed by atoms with Gasteiger partial charge in [0.05, 0.1) is 23.8 Å². The van der Waals surface area contributed by atoms with Gasteiger partial charge in [-0.3, -0.25) is 4.57 Å². The quantitative estimate of drug-likeness (QED) is 0.885. The first-order valence-electron chi connectivity index (χ1n) is 5.41. The number of rotatable bonds is 5. The van der Waals surface area contributed by atoms with Crippen LogP contribution in [0.1, 0.15) is 0 Å². The first-order valence-corrected chi connectivity index (χ1v) is 6.54. The highest BCUT2D eigenvalue weighted by molar-refractivity contribution is 6.38. The molecule has 8 heteroatoms. The highest BCUT2D eigenvalue weighted by Gasteiger charge is 2.14. The first-order chi connectivity index (χ1) is 9.06. The molecule has 0 bridgehead atoms. The SMILES string of the molecule is OCC(CO)OCn1c(Cl)nc2c(Cl)cc(Cl)cc21. The standard InChI is InChI=1S/C11H11Cl3N2O3/c12-6-1-8(13)10-9(2-6)16(11(14)15-10)5-19-7(3-17)4-18/h1-2,7,17-18H,3-5H2. The third-order valence-electron chi connectivity index (χ3n) is 2.57. The molecule has 1 aromatic carbocycles. The minimum atomic E-state index is -0.678. The van der Waals surface area contributed by atoms with E-state index in [1.54, 1.807) is 16.7 Å². The van der Waals surface area contributed by atoms with E-state index in [1.165, 1.54) is 0 Å². The zero-order valence-corrected chi connectivity index (χ0v) is 12.0. The van der Waals surface area contributed by atoms with Crippen LogP contribution in [0, 0.1) is 0 Å². The van der Waals surface area contributed by atoms with Crippen molar-refractivity contribution in [1.29, 1.82) is 0 Å². The number of nitrogens with zero attached hydrogens (tertiary/aromatic N) is 2. The maximum absolute atomic E-state index is 8.94. The van der Waals surface area contributed by atoms with Crippen molar-refractivity contribution in [3.63, 3.8) is 0 Å². The van der Waals surface area contributed by atoms with Gasteiger partial charge in [-0.1, -0.05) is 23.2 Å². The molecule has 0 aliphatic rings. The zero-order chi connectivity index (χ0) is 14.0. The molecule has 104 valence electrons. The van der Waals surface area contributed by atoms with Crippen molar-refractivity contribution < 1.29 is 14.9 Å². The van der Waals surface area contributed by atoms with Crippen LogP contribution in [0.2, 0.25) is 15.3 Å². The topological polar surface area (TPSA) is 67.5 Å². The molecule has 2 aromatic rings. The maximum atomic E-state index is 8.94. The molecule has 1 aromatic heterocycles. The lowest BCUT2D eigenvalue weighted by Gasteiger charge is -2.14. The summed E-state index contributed by atoms with van der Waals surface area (Å²) in [5.74, 6) is 0. The molecule has 0 unspecified atom stereocenters. The van der Waals surface area contributed by atoms with Gasteiger partial charge in [0.1, 0.15) is 18.4 Å². The Morgan fingerprint density at radius 1 is 1.21 bits per heavy atom. The van der Waals surface area contributed by atoms with E-state index in [-0.39, 0.29) is 25.2 Å². The monoisotopic (exact) mass is 324 g/mol. The Morgan fingerprint density at radius 3 is 2.53 bits per heavy atom. The summed E-state index contributed by atoms with van der Waals surface area (Å²) in [4.78, 5) is 4.12. The number of ether oxygens (including phenoxy) is 1. The van der Waals surface area contributed by atoms with Crippen LogP contribution in [0.5, 0.6) is 0 Å². The second-order valence-electron chi connectivity index (χ2n) is 3.85. The predicted molar refractivity (Wildman–Crippen MR) is 73.8 cm³/mol. The number of aliphatic hydroxyl groups is 2. The zero-order valence-electron chi connectivity index (χ0n) is 9.68. The number of hydrogen-bond donors (Lipinski definition) is 2. The van der Waals surface area contributed by atoms with Crippen molar-refractivity contribution in [3.8, 4) is 0 Å². The number of hydrogen-bond acceptors (Lipinski definition) is 4. The Bertz CT molecular complexity index is 584. The van der Waals surface area contributed by atoms with Crippen LogP contribution in [0.15, 0.2) is 12.1 Å². The van der Waals surface area contributed by atoms with Crippen LogP contribution >= 0.6 is 34.8 Å². The molecule has 2 rings (SSSR count). The fourth-order valence-electron chi connectivity index (χ4n) is 1.59. The Morgan fingerprint density at radius 2 is 1.89 bits per heavy atom. The summed E-state index contributed by atoms with van der Waals surface area (Å²) in [6.07, 6.45) is -0.678. The number of halogens is 3. The third-order valence-corrected chi connectivity index (χ3v) is 3.37. The molecule has 0 saturated carbocycles. The molecular weight excluding hydrogens is 314 g/mol. The van der Waals surface area contributed by atoms with Gasteiger partial charge >= 0.3 is 0 Å². The van der Waals surface area contributed by atoms with E-state index in [0.717, 1.165) is 0 Å². The summed E-state index contributed by atoms with van der Waals surface area (Å²) in [7, 11) is 0. The first kappa shape index (κ1) is 14.8. The second-order valence-corrected chi connectivity index (χ2v) is 5.03. The average molecular weight is 326 g/mol. The van der Waals surface area contributed by atoms with Crippen molar-refractivity contribution in [2.24, 2.45) is 0 Å². The van der Waals surface area contributed by atoms with Crippen LogP contribution in [-0.4, -0.2) is 39.1 Å². The number of fused-ring (bicyclic) bond motifs is 1. The Balaban J connectivity index is 2.34. The van der Waals surface area contributed by atoms with Crippen LogP contribution in [-0.2, 0) is 11.5 Å². The number of benzene rings is 1. The lowest BCUT2D eigenvalue weighted by atomic mass is 10.3. The largest absolute Gasteiger partial charge is 0.394 e. The normalized spacial score (nSPS) is 11.7. The molecule has 0 aliphatic heterocycles. The molecule has 19 heavy (non-hydrogen) atoms. The molecule has 0 amide bonds. The maximum Gasteiger partial charge on any atom is 0.205 e. The summed E-state index contributed by atoms with van der Waals surface area (Å²) in [5.41, 5.74) is 1.14. The fraction of sp³-hybridized carbons (Fsp3) is 0.364. The van der Waals surface area contributed by atoms with Crippen molar-refractivity contribution in [1.82, 2.24) is 9.55 Å². The highest BCUT2D eigenvalue weighted by atomic mass is 35.5. The van der Waals surface area contributed by atoms with Gasteiger partial charge in [0.15, 0.2) is 0 Å². The average Bonchev–Trinajstić information content (AvgIpc) is 2.68. The summed E-state index contributed by atoms with van der Waals surface area (Å²) < 4.78 is 6.85. The van der Waals surface area contributed by atoms with E-state index in [9.17, 15) is 0 Å². The molecule has 0 radical (unpaired) electrons. The van der Waals surface area contributed by atoms with Crippen molar-refractivity contribution in [2.75, 3.05) is 13.2 Å². The van der Waals surface area contributed by atoms with E-state index < -0.39 is 6.10 Å². The third kappa shape index (κ3) is 3.13. The molecule has 5 nitrogen and oxygen atoms in total. The molecule has 0 atom stereocenters. The van der Waals surface area contributed by atoms with Crippen LogP contribution < -0.4 is 0 Å². The van der Waals surface area contributed by atoms with E-state index >= 15 is 0 Å². The van der Waals surface area contributed by atoms with Gasteiger partial charge in [-0.25, -0.2) is 4.98 Å². The smallest absolute Gasteiger partial charge is 0.205 e. The molecule has 0 aliphatic carbocycles.